The second kappa shape index (κ2) is 10.2. The maximum Gasteiger partial charge on any atom is 0.221 e. The number of piperazine rings is 1. The van der Waals surface area contributed by atoms with Gasteiger partial charge in [-0.2, -0.15) is 0 Å². The van der Waals surface area contributed by atoms with E-state index in [4.69, 9.17) is 0 Å². The fourth-order valence-corrected chi connectivity index (χ4v) is 2.87. The lowest BCUT2D eigenvalue weighted by Gasteiger charge is -2.34. The van der Waals surface area contributed by atoms with Crippen molar-refractivity contribution in [1.82, 2.24) is 10.2 Å². The average molecular weight is 332 g/mol. The SMILES string of the molecule is CCCCCNC(=O)CCNc1ccc(N2CCN(C)CC2)cc1. The van der Waals surface area contributed by atoms with E-state index in [0.717, 1.165) is 44.8 Å². The largest absolute Gasteiger partial charge is 0.385 e. The first-order chi connectivity index (χ1) is 11.7. The normalized spacial score (nSPS) is 15.3. The van der Waals surface area contributed by atoms with Gasteiger partial charge in [-0.1, -0.05) is 19.8 Å². The number of hydrogen-bond acceptors (Lipinski definition) is 4. The summed E-state index contributed by atoms with van der Waals surface area (Å²) in [5.74, 6) is 0.132. The molecule has 0 radical (unpaired) electrons. The molecular formula is C19H32N4O. The highest BCUT2D eigenvalue weighted by Crippen LogP contribution is 2.19. The zero-order valence-electron chi connectivity index (χ0n) is 15.2. The summed E-state index contributed by atoms with van der Waals surface area (Å²) in [5.41, 5.74) is 2.36. The van der Waals surface area contributed by atoms with E-state index in [2.05, 4.69) is 58.7 Å². The summed E-state index contributed by atoms with van der Waals surface area (Å²) in [6.45, 7) is 8.05. The van der Waals surface area contributed by atoms with Crippen LogP contribution in [0.5, 0.6) is 0 Å². The Hall–Kier alpha value is -1.75. The van der Waals surface area contributed by atoms with E-state index in [9.17, 15) is 4.79 Å². The van der Waals surface area contributed by atoms with Crippen LogP contribution >= 0.6 is 0 Å². The van der Waals surface area contributed by atoms with Gasteiger partial charge in [0.15, 0.2) is 0 Å². The Morgan fingerprint density at radius 2 is 1.75 bits per heavy atom. The quantitative estimate of drug-likeness (QED) is 0.682. The maximum atomic E-state index is 11.7. The van der Waals surface area contributed by atoms with Gasteiger partial charge in [0, 0.05) is 57.1 Å². The van der Waals surface area contributed by atoms with Crippen molar-refractivity contribution in [2.75, 3.05) is 56.5 Å². The molecule has 0 saturated carbocycles. The zero-order valence-corrected chi connectivity index (χ0v) is 15.2. The molecule has 0 unspecified atom stereocenters. The van der Waals surface area contributed by atoms with Crippen molar-refractivity contribution in [2.24, 2.45) is 0 Å². The minimum atomic E-state index is 0.132. The number of hydrogen-bond donors (Lipinski definition) is 2. The average Bonchev–Trinajstić information content (AvgIpc) is 2.60. The van der Waals surface area contributed by atoms with Crippen LogP contribution in [0.25, 0.3) is 0 Å². The minimum absolute atomic E-state index is 0.132. The summed E-state index contributed by atoms with van der Waals surface area (Å²) in [5, 5.41) is 6.30. The molecule has 1 heterocycles. The van der Waals surface area contributed by atoms with E-state index in [1.807, 2.05) is 0 Å². The number of nitrogens with one attached hydrogen (secondary N) is 2. The lowest BCUT2D eigenvalue weighted by atomic mass is 10.2. The fourth-order valence-electron chi connectivity index (χ4n) is 2.87. The predicted octanol–water partition coefficient (Wildman–Crippen LogP) is 2.55. The highest BCUT2D eigenvalue weighted by Gasteiger charge is 2.13. The molecule has 2 N–H and O–H groups in total. The molecule has 0 aliphatic carbocycles. The molecule has 0 bridgehead atoms. The van der Waals surface area contributed by atoms with Crippen molar-refractivity contribution in [1.29, 1.82) is 0 Å². The Morgan fingerprint density at radius 1 is 1.04 bits per heavy atom. The van der Waals surface area contributed by atoms with E-state index in [1.54, 1.807) is 0 Å². The molecular weight excluding hydrogens is 300 g/mol. The van der Waals surface area contributed by atoms with Crippen LogP contribution in [0.2, 0.25) is 0 Å². The fraction of sp³-hybridized carbons (Fsp3) is 0.632. The van der Waals surface area contributed by atoms with Gasteiger partial charge in [-0.25, -0.2) is 0 Å². The molecule has 0 aromatic heterocycles. The topological polar surface area (TPSA) is 47.6 Å². The summed E-state index contributed by atoms with van der Waals surface area (Å²) in [6, 6.07) is 8.54. The molecule has 5 nitrogen and oxygen atoms in total. The molecule has 24 heavy (non-hydrogen) atoms. The zero-order chi connectivity index (χ0) is 17.2. The molecule has 0 atom stereocenters. The number of benzene rings is 1. The van der Waals surface area contributed by atoms with Crippen LogP contribution < -0.4 is 15.5 Å². The van der Waals surface area contributed by atoms with Crippen molar-refractivity contribution in [2.45, 2.75) is 32.6 Å². The summed E-state index contributed by atoms with van der Waals surface area (Å²) < 4.78 is 0. The van der Waals surface area contributed by atoms with Crippen molar-refractivity contribution >= 4 is 17.3 Å². The third-order valence-electron chi connectivity index (χ3n) is 4.52. The number of unbranched alkanes of at least 4 members (excludes halogenated alkanes) is 2. The van der Waals surface area contributed by atoms with Crippen molar-refractivity contribution in [3.8, 4) is 0 Å². The van der Waals surface area contributed by atoms with Gasteiger partial charge in [-0.15, -0.1) is 0 Å². The number of carbonyl (C=O) groups excluding carboxylic acids is 1. The number of amides is 1. The standard InChI is InChI=1S/C19H32N4O/c1-3-4-5-11-21-19(24)10-12-20-17-6-8-18(9-7-17)23-15-13-22(2)14-16-23/h6-9,20H,3-5,10-16H2,1-2H3,(H,21,24). The van der Waals surface area contributed by atoms with Crippen LogP contribution in [0.4, 0.5) is 11.4 Å². The van der Waals surface area contributed by atoms with Gasteiger partial charge in [0.1, 0.15) is 0 Å². The number of nitrogens with zero attached hydrogens (tertiary/aromatic N) is 2. The first-order valence-corrected chi connectivity index (χ1v) is 9.23. The number of likely N-dealkylation sites (N-methyl/N-ethyl adjacent to an activating group) is 1. The lowest BCUT2D eigenvalue weighted by Crippen LogP contribution is -2.44. The predicted molar refractivity (Wildman–Crippen MR) is 102 cm³/mol. The molecule has 1 aliphatic heterocycles. The smallest absolute Gasteiger partial charge is 0.221 e. The molecule has 1 aliphatic rings. The Kier molecular flexibility index (Phi) is 7.89. The maximum absolute atomic E-state index is 11.7. The minimum Gasteiger partial charge on any atom is -0.385 e. The summed E-state index contributed by atoms with van der Waals surface area (Å²) in [4.78, 5) is 16.5. The molecule has 134 valence electrons. The van der Waals surface area contributed by atoms with E-state index >= 15 is 0 Å². The van der Waals surface area contributed by atoms with Crippen molar-refractivity contribution < 1.29 is 4.79 Å². The molecule has 1 aromatic carbocycles. The van der Waals surface area contributed by atoms with Crippen LogP contribution in [-0.2, 0) is 4.79 Å². The van der Waals surface area contributed by atoms with Crippen LogP contribution in [0.15, 0.2) is 24.3 Å². The molecule has 2 rings (SSSR count). The van der Waals surface area contributed by atoms with Crippen LogP contribution in [-0.4, -0.2) is 57.1 Å². The van der Waals surface area contributed by atoms with Gasteiger partial charge >= 0.3 is 0 Å². The highest BCUT2D eigenvalue weighted by atomic mass is 16.1. The molecule has 1 fully saturated rings. The Balaban J connectivity index is 1.65. The summed E-state index contributed by atoms with van der Waals surface area (Å²) >= 11 is 0. The Bertz CT molecular complexity index is 481. The van der Waals surface area contributed by atoms with Gasteiger partial charge in [0.05, 0.1) is 0 Å². The van der Waals surface area contributed by atoms with Crippen molar-refractivity contribution in [3.05, 3.63) is 24.3 Å². The monoisotopic (exact) mass is 332 g/mol. The molecule has 1 aromatic rings. The first kappa shape index (κ1) is 18.6. The van der Waals surface area contributed by atoms with Gasteiger partial charge in [0.25, 0.3) is 0 Å². The van der Waals surface area contributed by atoms with Crippen LogP contribution in [0, 0.1) is 0 Å². The van der Waals surface area contributed by atoms with E-state index in [1.165, 1.54) is 18.5 Å². The van der Waals surface area contributed by atoms with E-state index in [-0.39, 0.29) is 5.91 Å². The number of anilines is 2. The summed E-state index contributed by atoms with van der Waals surface area (Å²) in [7, 11) is 2.17. The number of rotatable bonds is 9. The second-order valence-electron chi connectivity index (χ2n) is 6.57. The third kappa shape index (κ3) is 6.40. The second-order valence-corrected chi connectivity index (χ2v) is 6.57. The molecule has 0 spiro atoms. The Morgan fingerprint density at radius 3 is 2.42 bits per heavy atom. The van der Waals surface area contributed by atoms with E-state index < -0.39 is 0 Å². The first-order valence-electron chi connectivity index (χ1n) is 9.23. The highest BCUT2D eigenvalue weighted by molar-refractivity contribution is 5.76. The third-order valence-corrected chi connectivity index (χ3v) is 4.52. The van der Waals surface area contributed by atoms with E-state index in [0.29, 0.717) is 13.0 Å². The van der Waals surface area contributed by atoms with Crippen LogP contribution in [0.3, 0.4) is 0 Å². The molecule has 1 amide bonds. The lowest BCUT2D eigenvalue weighted by molar-refractivity contribution is -0.120. The Labute approximate surface area is 146 Å². The van der Waals surface area contributed by atoms with Crippen molar-refractivity contribution in [3.63, 3.8) is 0 Å². The van der Waals surface area contributed by atoms with Gasteiger partial charge in [-0.3, -0.25) is 4.79 Å². The number of carbonyl (C=O) groups is 1. The molecule has 1 saturated heterocycles. The molecule has 5 heteroatoms. The van der Waals surface area contributed by atoms with Gasteiger partial charge in [0.2, 0.25) is 5.91 Å². The summed E-state index contributed by atoms with van der Waals surface area (Å²) in [6.07, 6.45) is 3.95. The van der Waals surface area contributed by atoms with Crippen LogP contribution in [0.1, 0.15) is 32.6 Å². The van der Waals surface area contributed by atoms with Gasteiger partial charge < -0.3 is 20.4 Å². The van der Waals surface area contributed by atoms with Gasteiger partial charge in [-0.05, 0) is 37.7 Å².